The number of aromatic hydroxyl groups is 2. The Bertz CT molecular complexity index is 2890. The van der Waals surface area contributed by atoms with Crippen LogP contribution in [-0.2, 0) is 0 Å². The van der Waals surface area contributed by atoms with Gasteiger partial charge in [-0.25, -0.2) is 0 Å². The average molecular weight is 819 g/mol. The van der Waals surface area contributed by atoms with Crippen LogP contribution in [0.2, 0.25) is 0 Å². The van der Waals surface area contributed by atoms with Gasteiger partial charge in [-0.15, -0.1) is 23.5 Å². The second-order valence-electron chi connectivity index (χ2n) is 15.1. The molecule has 0 radical (unpaired) electrons. The van der Waals surface area contributed by atoms with Crippen molar-refractivity contribution in [3.05, 3.63) is 181 Å². The second-order valence-corrected chi connectivity index (χ2v) is 17.4. The number of aromatic nitrogens is 2. The fraction of sp³-hybridized carbons (Fsp3) is 0.111. The normalized spacial score (nSPS) is 11.5. The first-order valence-corrected chi connectivity index (χ1v) is 22.0. The number of para-hydroxylation sites is 4. The lowest BCUT2D eigenvalue weighted by Crippen LogP contribution is -1.98. The van der Waals surface area contributed by atoms with Crippen LogP contribution in [0.25, 0.3) is 77.2 Å². The van der Waals surface area contributed by atoms with Crippen molar-refractivity contribution in [1.82, 2.24) is 9.13 Å². The zero-order valence-corrected chi connectivity index (χ0v) is 34.5. The minimum Gasteiger partial charge on any atom is -0.505 e. The van der Waals surface area contributed by atoms with E-state index in [1.165, 1.54) is 21.5 Å². The maximum Gasteiger partial charge on any atom is 0.147 e. The number of phenolic OH excluding ortho intramolecular Hbond substituents is 2. The molecule has 0 aliphatic rings. The van der Waals surface area contributed by atoms with E-state index in [1.54, 1.807) is 0 Å². The Balaban J connectivity index is 0.00000462. The number of phenols is 2. The van der Waals surface area contributed by atoms with Crippen LogP contribution in [0.4, 0.5) is 0 Å². The highest BCUT2D eigenvalue weighted by Gasteiger charge is 2.21. The third-order valence-electron chi connectivity index (χ3n) is 11.3. The molecule has 0 atom stereocenters. The molecule has 2 heterocycles. The molecular weight excluding hydrogens is 773 g/mol. The Kier molecular flexibility index (Phi) is 10.7. The van der Waals surface area contributed by atoms with Gasteiger partial charge in [-0.1, -0.05) is 117 Å². The van der Waals surface area contributed by atoms with E-state index in [0.29, 0.717) is 0 Å². The van der Waals surface area contributed by atoms with Crippen molar-refractivity contribution in [3.8, 4) is 45.1 Å². The van der Waals surface area contributed by atoms with Crippen molar-refractivity contribution in [2.75, 3.05) is 11.5 Å². The molecule has 0 aliphatic carbocycles. The van der Waals surface area contributed by atoms with Crippen LogP contribution in [-0.4, -0.2) is 30.9 Å². The van der Waals surface area contributed by atoms with Gasteiger partial charge >= 0.3 is 0 Å². The SMILES string of the molecule is C.Cc1cc(-c2ccccc2SCCCSc2ccccc2-c2cc(C)cc(-n3c4ccccc4c4ccccc43)c2O)c(O)c(-n2c3ccccc3c3ccccc32)c1. The molecule has 0 fully saturated rings. The van der Waals surface area contributed by atoms with Crippen LogP contribution in [0.5, 0.6) is 11.5 Å². The van der Waals surface area contributed by atoms with E-state index in [1.807, 2.05) is 23.5 Å². The van der Waals surface area contributed by atoms with E-state index in [-0.39, 0.29) is 18.9 Å². The summed E-state index contributed by atoms with van der Waals surface area (Å²) in [5, 5.41) is 28.8. The highest BCUT2D eigenvalue weighted by molar-refractivity contribution is 8.00. The Morgan fingerprint density at radius 2 is 0.717 bits per heavy atom. The van der Waals surface area contributed by atoms with Crippen LogP contribution >= 0.6 is 23.5 Å². The zero-order chi connectivity index (χ0) is 40.0. The summed E-state index contributed by atoms with van der Waals surface area (Å²) in [5.41, 5.74) is 11.8. The summed E-state index contributed by atoms with van der Waals surface area (Å²) in [6.45, 7) is 4.21. The van der Waals surface area contributed by atoms with Crippen LogP contribution in [0.15, 0.2) is 180 Å². The quantitative estimate of drug-likeness (QED) is 0.107. The van der Waals surface area contributed by atoms with Crippen molar-refractivity contribution in [2.45, 2.75) is 37.5 Å². The van der Waals surface area contributed by atoms with E-state index >= 15 is 0 Å². The summed E-state index contributed by atoms with van der Waals surface area (Å²) in [6, 6.07) is 58.9. The monoisotopic (exact) mass is 818 g/mol. The van der Waals surface area contributed by atoms with Gasteiger partial charge in [0.25, 0.3) is 0 Å². The number of thioether (sulfide) groups is 2. The van der Waals surface area contributed by atoms with Gasteiger partial charge in [0, 0.05) is 42.5 Å². The van der Waals surface area contributed by atoms with Crippen molar-refractivity contribution in [3.63, 3.8) is 0 Å². The van der Waals surface area contributed by atoms with Crippen molar-refractivity contribution in [1.29, 1.82) is 0 Å². The topological polar surface area (TPSA) is 50.3 Å². The Morgan fingerprint density at radius 1 is 0.400 bits per heavy atom. The minimum absolute atomic E-state index is 0. The number of rotatable bonds is 10. The van der Waals surface area contributed by atoms with Gasteiger partial charge in [0.2, 0.25) is 0 Å². The number of hydrogen-bond acceptors (Lipinski definition) is 4. The molecule has 0 bridgehead atoms. The van der Waals surface area contributed by atoms with E-state index in [2.05, 4.69) is 193 Å². The van der Waals surface area contributed by atoms with Crippen LogP contribution in [0.1, 0.15) is 25.0 Å². The molecule has 0 saturated heterocycles. The van der Waals surface area contributed by atoms with Gasteiger partial charge in [-0.3, -0.25) is 0 Å². The largest absolute Gasteiger partial charge is 0.505 e. The number of fused-ring (bicyclic) bond motifs is 6. The molecule has 8 aromatic carbocycles. The molecule has 0 saturated carbocycles. The summed E-state index contributed by atoms with van der Waals surface area (Å²) < 4.78 is 4.39. The van der Waals surface area contributed by atoms with Crippen molar-refractivity contribution >= 4 is 67.1 Å². The molecule has 296 valence electrons. The molecule has 2 N–H and O–H groups in total. The van der Waals surface area contributed by atoms with Gasteiger partial charge < -0.3 is 19.3 Å². The predicted octanol–water partition coefficient (Wildman–Crippen LogP) is 15.2. The van der Waals surface area contributed by atoms with E-state index < -0.39 is 0 Å². The second kappa shape index (κ2) is 16.4. The smallest absolute Gasteiger partial charge is 0.147 e. The molecule has 10 aromatic rings. The number of nitrogens with zero attached hydrogens (tertiary/aromatic N) is 2. The summed E-state index contributed by atoms with van der Waals surface area (Å²) in [4.78, 5) is 2.29. The highest BCUT2D eigenvalue weighted by Crippen LogP contribution is 2.45. The first kappa shape index (κ1) is 39.1. The van der Waals surface area contributed by atoms with Gasteiger partial charge in [0.1, 0.15) is 11.5 Å². The van der Waals surface area contributed by atoms with Crippen LogP contribution in [0.3, 0.4) is 0 Å². The maximum absolute atomic E-state index is 12.1. The van der Waals surface area contributed by atoms with E-state index in [9.17, 15) is 10.2 Å². The molecular formula is C54H46N2O2S2. The van der Waals surface area contributed by atoms with E-state index in [4.69, 9.17) is 0 Å². The van der Waals surface area contributed by atoms with Gasteiger partial charge in [-0.05, 0) is 115 Å². The molecule has 0 spiro atoms. The lowest BCUT2D eigenvalue weighted by Gasteiger charge is -2.17. The Morgan fingerprint density at radius 3 is 1.08 bits per heavy atom. The summed E-state index contributed by atoms with van der Waals surface area (Å²) in [5.74, 6) is 2.41. The predicted molar refractivity (Wildman–Crippen MR) is 258 cm³/mol. The van der Waals surface area contributed by atoms with Gasteiger partial charge in [-0.2, -0.15) is 0 Å². The Hall–Kier alpha value is -6.34. The fourth-order valence-corrected chi connectivity index (χ4v) is 10.9. The molecule has 60 heavy (non-hydrogen) atoms. The molecule has 4 nitrogen and oxygen atoms in total. The standard InChI is InChI=1S/C53H42N2O2S2.CH4/c1-34-30-42(52(56)48(32-34)54-44-22-9-3-16-36(44)37-17-4-10-23-45(37)54)40-20-7-13-26-50(40)58-28-15-29-59-51-27-14-8-21-41(51)43-31-35(2)33-49(53(43)57)55-46-24-11-5-18-38(46)39-19-6-12-25-47(39)55;/h3-14,16-27,30-33,56-57H,15,28-29H2,1-2H3;1H4. The number of benzene rings is 8. The third kappa shape index (κ3) is 6.80. The zero-order valence-electron chi connectivity index (χ0n) is 32.9. The first-order valence-electron chi connectivity index (χ1n) is 20.0. The summed E-state index contributed by atoms with van der Waals surface area (Å²) >= 11 is 3.67. The third-order valence-corrected chi connectivity index (χ3v) is 13.6. The lowest BCUT2D eigenvalue weighted by atomic mass is 10.0. The number of aryl methyl sites for hydroxylation is 2. The summed E-state index contributed by atoms with van der Waals surface area (Å²) in [6.07, 6.45) is 0.983. The molecule has 6 heteroatoms. The van der Waals surface area contributed by atoms with Crippen LogP contribution in [0, 0.1) is 13.8 Å². The average Bonchev–Trinajstić information content (AvgIpc) is 3.78. The van der Waals surface area contributed by atoms with Crippen molar-refractivity contribution in [2.24, 2.45) is 0 Å². The molecule has 10 rings (SSSR count). The fourth-order valence-electron chi connectivity index (χ4n) is 8.69. The van der Waals surface area contributed by atoms with E-state index in [0.717, 1.165) is 94.5 Å². The van der Waals surface area contributed by atoms with Crippen molar-refractivity contribution < 1.29 is 10.2 Å². The summed E-state index contributed by atoms with van der Waals surface area (Å²) in [7, 11) is 0. The van der Waals surface area contributed by atoms with Gasteiger partial charge in [0.15, 0.2) is 0 Å². The Labute approximate surface area is 359 Å². The minimum atomic E-state index is 0. The highest BCUT2D eigenvalue weighted by atomic mass is 32.2. The lowest BCUT2D eigenvalue weighted by molar-refractivity contribution is 0.474. The molecule has 0 aliphatic heterocycles. The molecule has 0 amide bonds. The number of hydrogen-bond donors (Lipinski definition) is 2. The maximum atomic E-state index is 12.1. The van der Waals surface area contributed by atoms with Crippen LogP contribution < -0.4 is 0 Å². The van der Waals surface area contributed by atoms with Gasteiger partial charge in [0.05, 0.1) is 33.4 Å². The molecule has 0 unspecified atom stereocenters. The first-order chi connectivity index (χ1) is 29.0. The molecule has 2 aromatic heterocycles.